The average Bonchev–Trinajstić information content (AvgIpc) is 2.09. The highest BCUT2D eigenvalue weighted by Crippen LogP contribution is 2.27. The second-order valence-electron chi connectivity index (χ2n) is 2.69. The molecule has 5 heteroatoms. The number of ether oxygens (including phenoxy) is 1. The van der Waals surface area contributed by atoms with Gasteiger partial charge < -0.3 is 4.74 Å². The molecule has 0 aliphatic heterocycles. The summed E-state index contributed by atoms with van der Waals surface area (Å²) in [5, 5.41) is 0. The molecule has 2 nitrogen and oxygen atoms in total. The van der Waals surface area contributed by atoms with Gasteiger partial charge in [-0.15, -0.1) is 0 Å². The number of Topliss-reactive ketones (excluding diaryl/α,β-unsaturated/α-hetero) is 1. The summed E-state index contributed by atoms with van der Waals surface area (Å²) < 4.78 is 30.6. The summed E-state index contributed by atoms with van der Waals surface area (Å²) in [5.74, 6) is -2.06. The summed E-state index contributed by atoms with van der Waals surface area (Å²) in [4.78, 5) is 10.6. The third kappa shape index (κ3) is 2.77. The van der Waals surface area contributed by atoms with Crippen molar-refractivity contribution in [2.24, 2.45) is 0 Å². The standard InChI is InChI=1S/C9H7BrF2O2/c1-5(13)4-14-9-3-8(12)7(11)2-6(9)10/h2-3H,4H2,1H3. The highest BCUT2D eigenvalue weighted by molar-refractivity contribution is 9.10. The van der Waals surface area contributed by atoms with Gasteiger partial charge >= 0.3 is 0 Å². The zero-order chi connectivity index (χ0) is 10.7. The molecule has 0 aromatic heterocycles. The number of ketones is 1. The molecular weight excluding hydrogens is 258 g/mol. The highest BCUT2D eigenvalue weighted by atomic mass is 79.9. The van der Waals surface area contributed by atoms with Crippen LogP contribution < -0.4 is 4.74 Å². The maximum absolute atomic E-state index is 12.7. The maximum atomic E-state index is 12.7. The van der Waals surface area contributed by atoms with Gasteiger partial charge in [0.05, 0.1) is 4.47 Å². The molecule has 0 aliphatic rings. The van der Waals surface area contributed by atoms with E-state index in [4.69, 9.17) is 4.74 Å². The Morgan fingerprint density at radius 2 is 2.00 bits per heavy atom. The minimum Gasteiger partial charge on any atom is -0.485 e. The first-order chi connectivity index (χ1) is 6.50. The lowest BCUT2D eigenvalue weighted by atomic mass is 10.3. The minimum atomic E-state index is -1.01. The number of carbonyl (C=O) groups is 1. The Labute approximate surface area is 88.0 Å². The molecule has 0 N–H and O–H groups in total. The highest BCUT2D eigenvalue weighted by Gasteiger charge is 2.09. The van der Waals surface area contributed by atoms with Crippen LogP contribution in [0.4, 0.5) is 8.78 Å². The van der Waals surface area contributed by atoms with E-state index in [1.807, 2.05) is 0 Å². The van der Waals surface area contributed by atoms with Gasteiger partial charge in [-0.05, 0) is 28.9 Å². The lowest BCUT2D eigenvalue weighted by molar-refractivity contribution is -0.118. The molecular formula is C9H7BrF2O2. The number of rotatable bonds is 3. The Morgan fingerprint density at radius 3 is 2.57 bits per heavy atom. The van der Waals surface area contributed by atoms with Gasteiger partial charge in [0, 0.05) is 6.07 Å². The molecule has 0 aliphatic carbocycles. The minimum absolute atomic E-state index is 0.110. The van der Waals surface area contributed by atoms with Gasteiger partial charge in [-0.25, -0.2) is 8.78 Å². The molecule has 0 saturated heterocycles. The Hall–Kier alpha value is -0.970. The van der Waals surface area contributed by atoms with Crippen LogP contribution in [-0.4, -0.2) is 12.4 Å². The fraction of sp³-hybridized carbons (Fsp3) is 0.222. The van der Waals surface area contributed by atoms with Crippen molar-refractivity contribution in [2.45, 2.75) is 6.92 Å². The number of benzene rings is 1. The second-order valence-corrected chi connectivity index (χ2v) is 3.54. The van der Waals surface area contributed by atoms with Gasteiger partial charge in [0.15, 0.2) is 17.4 Å². The van der Waals surface area contributed by atoms with Crippen molar-refractivity contribution in [2.75, 3.05) is 6.61 Å². The van der Waals surface area contributed by atoms with Crippen LogP contribution in [0.25, 0.3) is 0 Å². The average molecular weight is 265 g/mol. The third-order valence-electron chi connectivity index (χ3n) is 1.41. The molecule has 0 amide bonds. The van der Waals surface area contributed by atoms with Crippen LogP contribution in [0.1, 0.15) is 6.92 Å². The first kappa shape index (κ1) is 11.1. The van der Waals surface area contributed by atoms with E-state index in [9.17, 15) is 13.6 Å². The fourth-order valence-corrected chi connectivity index (χ4v) is 1.22. The van der Waals surface area contributed by atoms with Crippen LogP contribution in [0, 0.1) is 11.6 Å². The van der Waals surface area contributed by atoms with Gasteiger partial charge in [-0.3, -0.25) is 4.79 Å². The topological polar surface area (TPSA) is 26.3 Å². The molecule has 1 rings (SSSR count). The quantitative estimate of drug-likeness (QED) is 0.785. The Kier molecular flexibility index (Phi) is 3.57. The molecule has 1 aromatic rings. The van der Waals surface area contributed by atoms with E-state index in [-0.39, 0.29) is 22.6 Å². The van der Waals surface area contributed by atoms with Gasteiger partial charge in [-0.1, -0.05) is 0 Å². The van der Waals surface area contributed by atoms with E-state index in [1.54, 1.807) is 0 Å². The monoisotopic (exact) mass is 264 g/mol. The molecule has 0 unspecified atom stereocenters. The van der Waals surface area contributed by atoms with Crippen molar-refractivity contribution in [3.8, 4) is 5.75 Å². The van der Waals surface area contributed by atoms with E-state index in [0.717, 1.165) is 12.1 Å². The first-order valence-corrected chi connectivity index (χ1v) is 4.57. The fourth-order valence-electron chi connectivity index (χ4n) is 0.794. The molecule has 0 heterocycles. The molecule has 1 aromatic carbocycles. The SMILES string of the molecule is CC(=O)COc1cc(F)c(F)cc1Br. The predicted molar refractivity (Wildman–Crippen MR) is 50.2 cm³/mol. The van der Waals surface area contributed by atoms with Crippen LogP contribution in [0.3, 0.4) is 0 Å². The molecule has 0 fully saturated rings. The normalized spacial score (nSPS) is 10.0. The summed E-state index contributed by atoms with van der Waals surface area (Å²) in [5.41, 5.74) is 0. The largest absolute Gasteiger partial charge is 0.485 e. The van der Waals surface area contributed by atoms with Crippen molar-refractivity contribution in [3.63, 3.8) is 0 Å². The van der Waals surface area contributed by atoms with E-state index in [1.165, 1.54) is 6.92 Å². The Balaban J connectivity index is 2.87. The van der Waals surface area contributed by atoms with Crippen molar-refractivity contribution < 1.29 is 18.3 Å². The number of halogens is 3. The van der Waals surface area contributed by atoms with Crippen molar-refractivity contribution in [1.29, 1.82) is 0 Å². The van der Waals surface area contributed by atoms with Gasteiger partial charge in [0.25, 0.3) is 0 Å². The van der Waals surface area contributed by atoms with Crippen molar-refractivity contribution >= 4 is 21.7 Å². The summed E-state index contributed by atoms with van der Waals surface area (Å²) in [6.45, 7) is 1.18. The smallest absolute Gasteiger partial charge is 0.167 e. The lowest BCUT2D eigenvalue weighted by Crippen LogP contribution is -2.07. The molecule has 0 bridgehead atoms. The first-order valence-electron chi connectivity index (χ1n) is 3.77. The molecule has 14 heavy (non-hydrogen) atoms. The number of hydrogen-bond acceptors (Lipinski definition) is 2. The summed E-state index contributed by atoms with van der Waals surface area (Å²) in [6, 6.07) is 1.84. The van der Waals surface area contributed by atoms with Gasteiger partial charge in [0.2, 0.25) is 0 Å². The van der Waals surface area contributed by atoms with E-state index in [0.29, 0.717) is 0 Å². The van der Waals surface area contributed by atoms with E-state index < -0.39 is 11.6 Å². The zero-order valence-electron chi connectivity index (χ0n) is 7.31. The third-order valence-corrected chi connectivity index (χ3v) is 2.03. The predicted octanol–water partition coefficient (Wildman–Crippen LogP) is 2.70. The summed E-state index contributed by atoms with van der Waals surface area (Å²) >= 11 is 2.99. The molecule has 0 saturated carbocycles. The van der Waals surface area contributed by atoms with Gasteiger partial charge in [0.1, 0.15) is 12.4 Å². The van der Waals surface area contributed by atoms with E-state index in [2.05, 4.69) is 15.9 Å². The van der Waals surface area contributed by atoms with Crippen LogP contribution in [0.2, 0.25) is 0 Å². The molecule has 0 spiro atoms. The van der Waals surface area contributed by atoms with Crippen LogP contribution >= 0.6 is 15.9 Å². The van der Waals surface area contributed by atoms with Crippen LogP contribution in [0.15, 0.2) is 16.6 Å². The summed E-state index contributed by atoms with van der Waals surface area (Å²) in [7, 11) is 0. The number of hydrogen-bond donors (Lipinski definition) is 0. The van der Waals surface area contributed by atoms with Crippen molar-refractivity contribution in [3.05, 3.63) is 28.2 Å². The molecule has 76 valence electrons. The number of carbonyl (C=O) groups excluding carboxylic acids is 1. The Bertz CT molecular complexity index is 366. The summed E-state index contributed by atoms with van der Waals surface area (Å²) in [6.07, 6.45) is 0. The van der Waals surface area contributed by atoms with Crippen LogP contribution in [-0.2, 0) is 4.79 Å². The van der Waals surface area contributed by atoms with Crippen molar-refractivity contribution in [1.82, 2.24) is 0 Å². The van der Waals surface area contributed by atoms with Crippen LogP contribution in [0.5, 0.6) is 5.75 Å². The lowest BCUT2D eigenvalue weighted by Gasteiger charge is -2.06. The molecule has 0 radical (unpaired) electrons. The maximum Gasteiger partial charge on any atom is 0.167 e. The second kappa shape index (κ2) is 4.50. The molecule has 0 atom stereocenters. The van der Waals surface area contributed by atoms with E-state index >= 15 is 0 Å². The van der Waals surface area contributed by atoms with Gasteiger partial charge in [-0.2, -0.15) is 0 Å². The zero-order valence-corrected chi connectivity index (χ0v) is 8.90. The Morgan fingerprint density at radius 1 is 1.43 bits per heavy atom.